The molecule has 0 spiro atoms. The van der Waals surface area contributed by atoms with E-state index in [4.69, 9.17) is 4.74 Å². The van der Waals surface area contributed by atoms with Gasteiger partial charge in [0.1, 0.15) is 0 Å². The van der Waals surface area contributed by atoms with Crippen LogP contribution in [0.25, 0.3) is 0 Å². The van der Waals surface area contributed by atoms with Crippen LogP contribution in [0.5, 0.6) is 0 Å². The van der Waals surface area contributed by atoms with Gasteiger partial charge >= 0.3 is 6.18 Å². The third-order valence-electron chi connectivity index (χ3n) is 3.28. The smallest absolute Gasteiger partial charge is 0.380 e. The van der Waals surface area contributed by atoms with Crippen molar-refractivity contribution in [3.8, 4) is 0 Å². The van der Waals surface area contributed by atoms with Crippen molar-refractivity contribution in [2.45, 2.75) is 24.7 Å². The number of methoxy groups -OCH3 is 1. The van der Waals surface area contributed by atoms with Crippen molar-refractivity contribution >= 4 is 27.5 Å². The molecule has 2 N–H and O–H groups in total. The van der Waals surface area contributed by atoms with Gasteiger partial charge in [-0.2, -0.15) is 13.2 Å². The maximum absolute atomic E-state index is 12.8. The number of ether oxygens (including phenoxy) is 1. The monoisotopic (exact) mass is 366 g/mol. The van der Waals surface area contributed by atoms with E-state index in [1.807, 2.05) is 0 Å². The number of amides is 1. The van der Waals surface area contributed by atoms with E-state index in [0.29, 0.717) is 13.0 Å². The molecule has 0 aliphatic carbocycles. The predicted octanol–water partition coefficient (Wildman–Crippen LogP) is 2.78. The first-order valence-electron chi connectivity index (χ1n) is 6.25. The zero-order valence-corrected chi connectivity index (χ0v) is 12.7. The first kappa shape index (κ1) is 16.3. The number of carbonyl (C=O) groups is 1. The molecule has 0 saturated carbocycles. The topological polar surface area (TPSA) is 50.4 Å². The minimum Gasteiger partial charge on any atom is -0.380 e. The second-order valence-electron chi connectivity index (χ2n) is 4.74. The van der Waals surface area contributed by atoms with Gasteiger partial charge in [0.15, 0.2) is 0 Å². The zero-order chi connectivity index (χ0) is 15.6. The molecule has 0 aromatic heterocycles. The number of rotatable bonds is 3. The Hall–Kier alpha value is -1.12. The average Bonchev–Trinajstić information content (AvgIpc) is 2.88. The van der Waals surface area contributed by atoms with E-state index in [9.17, 15) is 18.0 Å². The number of halogens is 4. The maximum atomic E-state index is 12.8. The number of hydrogen-bond donors (Lipinski definition) is 2. The van der Waals surface area contributed by atoms with Crippen molar-refractivity contribution in [2.24, 2.45) is 0 Å². The van der Waals surface area contributed by atoms with E-state index in [0.717, 1.165) is 6.07 Å². The molecule has 1 aromatic rings. The Morgan fingerprint density at radius 2 is 2.19 bits per heavy atom. The zero-order valence-electron chi connectivity index (χ0n) is 11.1. The van der Waals surface area contributed by atoms with Crippen LogP contribution in [-0.4, -0.2) is 31.7 Å². The van der Waals surface area contributed by atoms with Gasteiger partial charge < -0.3 is 15.4 Å². The van der Waals surface area contributed by atoms with E-state index in [2.05, 4.69) is 26.6 Å². The molecule has 21 heavy (non-hydrogen) atoms. The summed E-state index contributed by atoms with van der Waals surface area (Å²) in [5.41, 5.74) is -0.715. The molecule has 2 atom stereocenters. The Balaban J connectivity index is 2.08. The van der Waals surface area contributed by atoms with E-state index in [-0.39, 0.29) is 22.2 Å². The van der Waals surface area contributed by atoms with Crippen LogP contribution in [-0.2, 0) is 15.7 Å². The fourth-order valence-corrected chi connectivity index (χ4v) is 2.60. The van der Waals surface area contributed by atoms with E-state index in [1.54, 1.807) is 7.11 Å². The Morgan fingerprint density at radius 3 is 2.76 bits per heavy atom. The Labute approximate surface area is 128 Å². The summed E-state index contributed by atoms with van der Waals surface area (Å²) in [6, 6.07) is 3.12. The van der Waals surface area contributed by atoms with Gasteiger partial charge in [0, 0.05) is 23.8 Å². The highest BCUT2D eigenvalue weighted by Gasteiger charge is 2.34. The summed E-state index contributed by atoms with van der Waals surface area (Å²) in [6.07, 6.45) is -4.05. The van der Waals surface area contributed by atoms with Crippen molar-refractivity contribution in [1.82, 2.24) is 5.32 Å². The molecule has 1 fully saturated rings. The third-order valence-corrected chi connectivity index (χ3v) is 3.97. The molecule has 1 saturated heterocycles. The highest BCUT2D eigenvalue weighted by Crippen LogP contribution is 2.36. The van der Waals surface area contributed by atoms with Gasteiger partial charge in [-0.15, -0.1) is 0 Å². The van der Waals surface area contributed by atoms with Crippen LogP contribution in [0.3, 0.4) is 0 Å². The van der Waals surface area contributed by atoms with Crippen molar-refractivity contribution in [2.75, 3.05) is 19.0 Å². The second kappa shape index (κ2) is 6.33. The van der Waals surface area contributed by atoms with Crippen LogP contribution >= 0.6 is 15.9 Å². The Bertz CT molecular complexity index is 537. The number of carbonyl (C=O) groups excluding carboxylic acids is 1. The molecule has 2 unspecified atom stereocenters. The molecule has 1 heterocycles. The minimum atomic E-state index is -4.48. The predicted molar refractivity (Wildman–Crippen MR) is 75.0 cm³/mol. The lowest BCUT2D eigenvalue weighted by molar-refractivity contribution is -0.138. The Kier molecular flexibility index (Phi) is 4.90. The fraction of sp³-hybridized carbons (Fsp3) is 0.462. The number of benzene rings is 1. The number of hydrogen-bond acceptors (Lipinski definition) is 3. The standard InChI is InChI=1S/C13H14BrF3N2O2/c1-21-8-5-11(18-6-8)12(20)19-7-2-3-10(14)9(4-7)13(15,16)17/h2-4,8,11,18H,5-6H2,1H3,(H,19,20). The summed E-state index contributed by atoms with van der Waals surface area (Å²) in [7, 11) is 1.55. The molecule has 1 aromatic carbocycles. The van der Waals surface area contributed by atoms with Gasteiger partial charge in [-0.25, -0.2) is 0 Å². The lowest BCUT2D eigenvalue weighted by Crippen LogP contribution is -2.35. The molecule has 1 aliphatic heterocycles. The van der Waals surface area contributed by atoms with E-state index < -0.39 is 17.8 Å². The molecule has 0 bridgehead atoms. The molecular weight excluding hydrogens is 353 g/mol. The molecule has 2 rings (SSSR count). The quantitative estimate of drug-likeness (QED) is 0.864. The second-order valence-corrected chi connectivity index (χ2v) is 5.59. The van der Waals surface area contributed by atoms with Crippen LogP contribution in [0, 0.1) is 0 Å². The summed E-state index contributed by atoms with van der Waals surface area (Å²) in [6.45, 7) is 0.544. The molecule has 8 heteroatoms. The summed E-state index contributed by atoms with van der Waals surface area (Å²) in [5.74, 6) is -0.370. The third kappa shape index (κ3) is 3.96. The van der Waals surface area contributed by atoms with Gasteiger partial charge in [-0.05, 0) is 24.6 Å². The van der Waals surface area contributed by atoms with Crippen LogP contribution in [0.4, 0.5) is 18.9 Å². The lowest BCUT2D eigenvalue weighted by Gasteiger charge is -2.14. The van der Waals surface area contributed by atoms with Crippen LogP contribution < -0.4 is 10.6 Å². The van der Waals surface area contributed by atoms with Crippen molar-refractivity contribution in [3.63, 3.8) is 0 Å². The summed E-state index contributed by atoms with van der Waals surface area (Å²) in [5, 5.41) is 5.46. The summed E-state index contributed by atoms with van der Waals surface area (Å²) >= 11 is 2.85. The van der Waals surface area contributed by atoms with Crippen LogP contribution in [0.1, 0.15) is 12.0 Å². The molecule has 116 valence electrons. The van der Waals surface area contributed by atoms with Gasteiger partial charge in [-0.3, -0.25) is 4.79 Å². The minimum absolute atomic E-state index is 0.0589. The normalized spacial score (nSPS) is 22.3. The highest BCUT2D eigenvalue weighted by molar-refractivity contribution is 9.10. The molecule has 1 aliphatic rings. The van der Waals surface area contributed by atoms with Crippen LogP contribution in [0.15, 0.2) is 22.7 Å². The average molecular weight is 367 g/mol. The number of nitrogens with one attached hydrogen (secondary N) is 2. The van der Waals surface area contributed by atoms with E-state index in [1.165, 1.54) is 12.1 Å². The largest absolute Gasteiger partial charge is 0.417 e. The van der Waals surface area contributed by atoms with E-state index >= 15 is 0 Å². The highest BCUT2D eigenvalue weighted by atomic mass is 79.9. The number of anilines is 1. The fourth-order valence-electron chi connectivity index (χ4n) is 2.13. The first-order valence-corrected chi connectivity index (χ1v) is 7.04. The molecule has 4 nitrogen and oxygen atoms in total. The lowest BCUT2D eigenvalue weighted by atomic mass is 10.1. The first-order chi connectivity index (χ1) is 9.81. The van der Waals surface area contributed by atoms with Crippen molar-refractivity contribution < 1.29 is 22.7 Å². The molecule has 0 radical (unpaired) electrons. The van der Waals surface area contributed by atoms with Gasteiger partial charge in [0.2, 0.25) is 5.91 Å². The van der Waals surface area contributed by atoms with Gasteiger partial charge in [0.05, 0.1) is 17.7 Å². The van der Waals surface area contributed by atoms with Gasteiger partial charge in [0.25, 0.3) is 0 Å². The summed E-state index contributed by atoms with van der Waals surface area (Å²) < 4.78 is 43.4. The summed E-state index contributed by atoms with van der Waals surface area (Å²) in [4.78, 5) is 12.0. The van der Waals surface area contributed by atoms with Gasteiger partial charge in [-0.1, -0.05) is 15.9 Å². The molecule has 1 amide bonds. The molecular formula is C13H14BrF3N2O2. The SMILES string of the molecule is COC1CNC(C(=O)Nc2ccc(Br)c(C(F)(F)F)c2)C1. The maximum Gasteiger partial charge on any atom is 0.417 e. The van der Waals surface area contributed by atoms with Crippen LogP contribution in [0.2, 0.25) is 0 Å². The van der Waals surface area contributed by atoms with Crippen molar-refractivity contribution in [1.29, 1.82) is 0 Å². The number of alkyl halides is 3. The van der Waals surface area contributed by atoms with Crippen molar-refractivity contribution in [3.05, 3.63) is 28.2 Å². The Morgan fingerprint density at radius 1 is 1.48 bits per heavy atom.